The van der Waals surface area contributed by atoms with Gasteiger partial charge in [0.2, 0.25) is 0 Å². The number of carbonyl (C=O) groups is 1. The first-order valence-electron chi connectivity index (χ1n) is 7.13. The fourth-order valence-electron chi connectivity index (χ4n) is 2.84. The zero-order valence-corrected chi connectivity index (χ0v) is 11.7. The minimum atomic E-state index is -0.220. The maximum Gasteiger partial charge on any atom is 0.137 e. The fourth-order valence-corrected chi connectivity index (χ4v) is 2.84. The number of nitrogens with zero attached hydrogens (tertiary/aromatic N) is 1. The summed E-state index contributed by atoms with van der Waals surface area (Å²) in [7, 11) is 0. The largest absolute Gasteiger partial charge is 0.371 e. The minimum Gasteiger partial charge on any atom is -0.371 e. The quantitative estimate of drug-likeness (QED) is 0.826. The van der Waals surface area contributed by atoms with Crippen LogP contribution >= 0.6 is 0 Å². The van der Waals surface area contributed by atoms with Crippen LogP contribution in [0.25, 0.3) is 0 Å². The molecular weight excluding hydrogens is 241 g/mol. The van der Waals surface area contributed by atoms with Crippen molar-refractivity contribution in [2.24, 2.45) is 11.8 Å². The van der Waals surface area contributed by atoms with E-state index < -0.39 is 0 Å². The van der Waals surface area contributed by atoms with Crippen molar-refractivity contribution in [3.8, 4) is 0 Å². The molecule has 2 unspecified atom stereocenters. The van der Waals surface area contributed by atoms with E-state index in [-0.39, 0.29) is 11.7 Å². The van der Waals surface area contributed by atoms with Gasteiger partial charge in [0, 0.05) is 31.1 Å². The van der Waals surface area contributed by atoms with Crippen LogP contribution in [0.2, 0.25) is 0 Å². The van der Waals surface area contributed by atoms with Crippen LogP contribution in [-0.2, 0) is 4.79 Å². The third-order valence-corrected chi connectivity index (χ3v) is 4.04. The van der Waals surface area contributed by atoms with Gasteiger partial charge in [-0.1, -0.05) is 6.92 Å². The topological polar surface area (TPSA) is 20.3 Å². The number of ketones is 1. The van der Waals surface area contributed by atoms with Crippen LogP contribution in [0.15, 0.2) is 24.3 Å². The van der Waals surface area contributed by atoms with Gasteiger partial charge in [0.1, 0.15) is 11.6 Å². The van der Waals surface area contributed by atoms with Gasteiger partial charge >= 0.3 is 0 Å². The molecule has 0 saturated heterocycles. The first-order chi connectivity index (χ1) is 9.10. The smallest absolute Gasteiger partial charge is 0.137 e. The molecule has 1 saturated carbocycles. The van der Waals surface area contributed by atoms with Gasteiger partial charge in [0.05, 0.1) is 0 Å². The molecule has 0 N–H and O–H groups in total. The second-order valence-corrected chi connectivity index (χ2v) is 5.56. The summed E-state index contributed by atoms with van der Waals surface area (Å²) in [6.45, 7) is 5.88. The Morgan fingerprint density at radius 2 is 2.00 bits per heavy atom. The molecule has 1 aromatic rings. The van der Waals surface area contributed by atoms with E-state index in [1.165, 1.54) is 12.1 Å². The Labute approximate surface area is 114 Å². The highest BCUT2D eigenvalue weighted by atomic mass is 19.1. The molecule has 1 fully saturated rings. The number of Topliss-reactive ketones (excluding diaryl/α,β-unsaturated/α-hetero) is 1. The van der Waals surface area contributed by atoms with Crippen LogP contribution in [-0.4, -0.2) is 18.9 Å². The van der Waals surface area contributed by atoms with Gasteiger partial charge in [0.25, 0.3) is 0 Å². The lowest BCUT2D eigenvalue weighted by atomic mass is 9.81. The van der Waals surface area contributed by atoms with E-state index in [1.54, 1.807) is 12.1 Å². The number of hydrogen-bond donors (Lipinski definition) is 0. The molecule has 0 aliphatic heterocycles. The van der Waals surface area contributed by atoms with Crippen molar-refractivity contribution >= 4 is 11.5 Å². The van der Waals surface area contributed by atoms with Crippen molar-refractivity contribution in [3.63, 3.8) is 0 Å². The lowest BCUT2D eigenvalue weighted by molar-refractivity contribution is -0.125. The van der Waals surface area contributed by atoms with Gasteiger partial charge in [-0.2, -0.15) is 0 Å². The molecular formula is C16H22FNO. The number of anilines is 1. The maximum atomic E-state index is 13.0. The minimum absolute atomic E-state index is 0.133. The highest BCUT2D eigenvalue weighted by Gasteiger charge is 2.27. The lowest BCUT2D eigenvalue weighted by Gasteiger charge is -2.32. The molecule has 0 bridgehead atoms. The summed E-state index contributed by atoms with van der Waals surface area (Å²) < 4.78 is 13.0. The maximum absolute atomic E-state index is 13.0. The van der Waals surface area contributed by atoms with Crippen molar-refractivity contribution in [1.29, 1.82) is 0 Å². The van der Waals surface area contributed by atoms with Crippen LogP contribution in [0.5, 0.6) is 0 Å². The first-order valence-corrected chi connectivity index (χ1v) is 7.13. The van der Waals surface area contributed by atoms with Gasteiger partial charge in [-0.05, 0) is 49.9 Å². The average molecular weight is 263 g/mol. The van der Waals surface area contributed by atoms with Crippen molar-refractivity contribution in [1.82, 2.24) is 0 Å². The van der Waals surface area contributed by atoms with E-state index in [4.69, 9.17) is 0 Å². The van der Waals surface area contributed by atoms with Crippen molar-refractivity contribution in [3.05, 3.63) is 30.1 Å². The Morgan fingerprint density at radius 3 is 2.63 bits per heavy atom. The Balaban J connectivity index is 2.06. The van der Waals surface area contributed by atoms with Crippen molar-refractivity contribution in [2.75, 3.05) is 18.0 Å². The molecule has 1 aromatic carbocycles. The van der Waals surface area contributed by atoms with Gasteiger partial charge < -0.3 is 4.90 Å². The summed E-state index contributed by atoms with van der Waals surface area (Å²) in [5.74, 6) is 0.934. The van der Waals surface area contributed by atoms with E-state index in [1.807, 2.05) is 0 Å². The Morgan fingerprint density at radius 1 is 1.32 bits per heavy atom. The molecule has 1 aliphatic rings. The number of carbonyl (C=O) groups excluding carboxylic acids is 1. The highest BCUT2D eigenvalue weighted by Crippen LogP contribution is 2.28. The van der Waals surface area contributed by atoms with Crippen LogP contribution in [0.3, 0.4) is 0 Å². The second kappa shape index (κ2) is 6.18. The molecule has 1 aliphatic carbocycles. The summed E-state index contributed by atoms with van der Waals surface area (Å²) in [5.41, 5.74) is 0.995. The standard InChI is InChI=1S/C16H22FNO/c1-3-18(15-7-5-14(17)6-8-15)11-13-10-12(2)4-9-16(13)19/h5-8,12-13H,3-4,9-11H2,1-2H3. The van der Waals surface area contributed by atoms with Crippen LogP contribution in [0.4, 0.5) is 10.1 Å². The summed E-state index contributed by atoms with van der Waals surface area (Å²) in [6, 6.07) is 6.53. The van der Waals surface area contributed by atoms with E-state index in [0.29, 0.717) is 18.1 Å². The normalized spacial score (nSPS) is 23.4. The van der Waals surface area contributed by atoms with E-state index in [2.05, 4.69) is 18.7 Å². The molecule has 0 heterocycles. The molecule has 0 aromatic heterocycles. The first kappa shape index (κ1) is 14.0. The number of halogens is 1. The number of rotatable bonds is 4. The molecule has 2 rings (SSSR count). The van der Waals surface area contributed by atoms with Crippen LogP contribution in [0, 0.1) is 17.7 Å². The summed E-state index contributed by atoms with van der Waals surface area (Å²) >= 11 is 0. The highest BCUT2D eigenvalue weighted by molar-refractivity contribution is 5.82. The van der Waals surface area contributed by atoms with Crippen molar-refractivity contribution < 1.29 is 9.18 Å². The van der Waals surface area contributed by atoms with Crippen LogP contribution < -0.4 is 4.90 Å². The summed E-state index contributed by atoms with van der Waals surface area (Å²) in [6.07, 6.45) is 2.72. The van der Waals surface area contributed by atoms with E-state index >= 15 is 0 Å². The number of hydrogen-bond acceptors (Lipinski definition) is 2. The molecule has 0 radical (unpaired) electrons. The van der Waals surface area contributed by atoms with Gasteiger partial charge in [-0.3, -0.25) is 4.79 Å². The third-order valence-electron chi connectivity index (χ3n) is 4.04. The average Bonchev–Trinajstić information content (AvgIpc) is 2.41. The molecule has 19 heavy (non-hydrogen) atoms. The summed E-state index contributed by atoms with van der Waals surface area (Å²) in [4.78, 5) is 14.2. The predicted molar refractivity (Wildman–Crippen MR) is 75.8 cm³/mol. The SMILES string of the molecule is CCN(CC1CC(C)CCC1=O)c1ccc(F)cc1. The van der Waals surface area contributed by atoms with E-state index in [0.717, 1.165) is 31.6 Å². The van der Waals surface area contributed by atoms with E-state index in [9.17, 15) is 9.18 Å². The van der Waals surface area contributed by atoms with Gasteiger partial charge in [-0.15, -0.1) is 0 Å². The Hall–Kier alpha value is -1.38. The number of benzene rings is 1. The summed E-state index contributed by atoms with van der Waals surface area (Å²) in [5, 5.41) is 0. The van der Waals surface area contributed by atoms with Gasteiger partial charge in [0.15, 0.2) is 0 Å². The molecule has 104 valence electrons. The van der Waals surface area contributed by atoms with Crippen LogP contribution in [0.1, 0.15) is 33.1 Å². The molecule has 0 amide bonds. The molecule has 2 nitrogen and oxygen atoms in total. The lowest BCUT2D eigenvalue weighted by Crippen LogP contribution is -2.36. The zero-order chi connectivity index (χ0) is 13.8. The zero-order valence-electron chi connectivity index (χ0n) is 11.7. The molecule has 2 atom stereocenters. The third kappa shape index (κ3) is 3.55. The Kier molecular flexibility index (Phi) is 4.56. The van der Waals surface area contributed by atoms with Crippen molar-refractivity contribution in [2.45, 2.75) is 33.1 Å². The molecule has 0 spiro atoms. The predicted octanol–water partition coefficient (Wildman–Crippen LogP) is 3.66. The monoisotopic (exact) mass is 263 g/mol. The Bertz CT molecular complexity index is 429. The molecule has 3 heteroatoms. The fraction of sp³-hybridized carbons (Fsp3) is 0.562. The van der Waals surface area contributed by atoms with Gasteiger partial charge in [-0.25, -0.2) is 4.39 Å². The second-order valence-electron chi connectivity index (χ2n) is 5.56.